The van der Waals surface area contributed by atoms with Gasteiger partial charge in [0.15, 0.2) is 5.82 Å². The molecule has 6 rings (SSSR count). The van der Waals surface area contributed by atoms with Crippen LogP contribution in [-0.2, 0) is 24.4 Å². The Morgan fingerprint density at radius 2 is 2.02 bits per heavy atom. The number of H-pyrrole nitrogens is 1. The van der Waals surface area contributed by atoms with E-state index < -0.39 is 6.04 Å². The zero-order valence-corrected chi connectivity index (χ0v) is 22.6. The molecule has 2 aromatic carbocycles. The molecule has 1 aliphatic rings. The zero-order valence-electron chi connectivity index (χ0n) is 22.6. The van der Waals surface area contributed by atoms with Crippen molar-refractivity contribution in [1.29, 1.82) is 0 Å². The molecule has 0 saturated carbocycles. The number of hydrogen-bond acceptors (Lipinski definition) is 8. The quantitative estimate of drug-likeness (QED) is 0.278. The predicted octanol–water partition coefficient (Wildman–Crippen LogP) is 4.40. The molecule has 4 heterocycles. The fourth-order valence-electron chi connectivity index (χ4n) is 5.36. The maximum atomic E-state index is 13.8. The molecule has 0 radical (unpaired) electrons. The number of tetrazole rings is 1. The molecule has 1 fully saturated rings. The first-order valence-corrected chi connectivity index (χ1v) is 13.5. The predicted molar refractivity (Wildman–Crippen MR) is 149 cm³/mol. The lowest BCUT2D eigenvalue weighted by atomic mass is 10.0. The summed E-state index contributed by atoms with van der Waals surface area (Å²) >= 11 is 0. The summed E-state index contributed by atoms with van der Waals surface area (Å²) in [5, 5.41) is 13.8. The lowest BCUT2D eigenvalue weighted by Crippen LogP contribution is -2.35. The highest BCUT2D eigenvalue weighted by Crippen LogP contribution is 2.31. The minimum Gasteiger partial charge on any atom is -0.497 e. The molecule has 0 amide bonds. The van der Waals surface area contributed by atoms with Crippen LogP contribution in [-0.4, -0.2) is 49.9 Å². The topological polar surface area (TPSA) is 111 Å². The van der Waals surface area contributed by atoms with E-state index in [1.54, 1.807) is 18.1 Å². The third-order valence-corrected chi connectivity index (χ3v) is 7.38. The van der Waals surface area contributed by atoms with Crippen molar-refractivity contribution in [2.45, 2.75) is 51.5 Å². The molecule has 206 valence electrons. The molecule has 3 aromatic heterocycles. The molecule has 0 aliphatic carbocycles. The first kappa shape index (κ1) is 26.0. The van der Waals surface area contributed by atoms with Crippen LogP contribution < -0.4 is 10.3 Å². The second-order valence-corrected chi connectivity index (χ2v) is 10.2. The largest absolute Gasteiger partial charge is 0.497 e. The third kappa shape index (κ3) is 5.54. The van der Waals surface area contributed by atoms with Gasteiger partial charge in [-0.15, -0.1) is 5.10 Å². The van der Waals surface area contributed by atoms with Crippen LogP contribution in [0.25, 0.3) is 10.9 Å². The van der Waals surface area contributed by atoms with E-state index in [2.05, 4.69) is 25.4 Å². The van der Waals surface area contributed by atoms with Crippen molar-refractivity contribution in [2.24, 2.45) is 0 Å². The van der Waals surface area contributed by atoms with Gasteiger partial charge in [-0.1, -0.05) is 24.3 Å². The number of aryl methyl sites for hydroxylation is 1. The van der Waals surface area contributed by atoms with Gasteiger partial charge >= 0.3 is 0 Å². The molecule has 0 bridgehead atoms. The molecule has 1 aliphatic heterocycles. The highest BCUT2D eigenvalue weighted by atomic mass is 16.5. The summed E-state index contributed by atoms with van der Waals surface area (Å²) in [5.41, 5.74) is 3.28. The van der Waals surface area contributed by atoms with Crippen LogP contribution in [0.2, 0.25) is 0 Å². The van der Waals surface area contributed by atoms with Gasteiger partial charge in [-0.2, -0.15) is 0 Å². The van der Waals surface area contributed by atoms with Gasteiger partial charge in [-0.05, 0) is 83.1 Å². The average molecular weight is 541 g/mol. The Bertz CT molecular complexity index is 1620. The summed E-state index contributed by atoms with van der Waals surface area (Å²) in [6, 6.07) is 19.1. The molecule has 10 heteroatoms. The van der Waals surface area contributed by atoms with Crippen molar-refractivity contribution in [3.8, 4) is 5.75 Å². The molecule has 1 N–H and O–H groups in total. The summed E-state index contributed by atoms with van der Waals surface area (Å²) in [5.74, 6) is 2.12. The lowest BCUT2D eigenvalue weighted by Gasteiger charge is -2.30. The Labute approximate surface area is 231 Å². The highest BCUT2D eigenvalue weighted by molar-refractivity contribution is 5.79. The summed E-state index contributed by atoms with van der Waals surface area (Å²) in [6.07, 6.45) is 3.64. The number of pyridine rings is 1. The van der Waals surface area contributed by atoms with E-state index >= 15 is 0 Å². The molecule has 40 heavy (non-hydrogen) atoms. The van der Waals surface area contributed by atoms with E-state index in [0.717, 1.165) is 53.0 Å². The molecular formula is C30H32N6O4. The molecule has 0 unspecified atom stereocenters. The van der Waals surface area contributed by atoms with E-state index in [1.165, 1.54) is 0 Å². The van der Waals surface area contributed by atoms with Crippen LogP contribution in [0.1, 0.15) is 47.2 Å². The normalized spacial score (nSPS) is 16.1. The summed E-state index contributed by atoms with van der Waals surface area (Å²) < 4.78 is 18.8. The highest BCUT2D eigenvalue weighted by Gasteiger charge is 2.32. The van der Waals surface area contributed by atoms with Crippen LogP contribution in [0.5, 0.6) is 5.75 Å². The van der Waals surface area contributed by atoms with Crippen LogP contribution in [0.3, 0.4) is 0 Å². The number of nitrogens with zero attached hydrogens (tertiary/aromatic N) is 5. The fraction of sp³-hybridized carbons (Fsp3) is 0.333. The zero-order chi connectivity index (χ0) is 27.5. The van der Waals surface area contributed by atoms with E-state index in [0.29, 0.717) is 31.0 Å². The Morgan fingerprint density at radius 1 is 1.15 bits per heavy atom. The van der Waals surface area contributed by atoms with Crippen molar-refractivity contribution in [3.05, 3.63) is 106 Å². The number of aromatic nitrogens is 5. The van der Waals surface area contributed by atoms with Gasteiger partial charge < -0.3 is 18.9 Å². The summed E-state index contributed by atoms with van der Waals surface area (Å²) in [4.78, 5) is 19.0. The van der Waals surface area contributed by atoms with E-state index in [1.807, 2.05) is 67.6 Å². The minimum atomic E-state index is -0.571. The molecule has 2 atom stereocenters. The van der Waals surface area contributed by atoms with E-state index in [-0.39, 0.29) is 11.7 Å². The van der Waals surface area contributed by atoms with Gasteiger partial charge in [-0.3, -0.25) is 9.69 Å². The maximum Gasteiger partial charge on any atom is 0.253 e. The second kappa shape index (κ2) is 11.4. The monoisotopic (exact) mass is 540 g/mol. The number of rotatable bonds is 10. The minimum absolute atomic E-state index is 0.0286. The molecule has 5 aromatic rings. The number of aromatic amines is 1. The lowest BCUT2D eigenvalue weighted by molar-refractivity contribution is 0.0901. The Balaban J connectivity index is 1.48. The van der Waals surface area contributed by atoms with Crippen LogP contribution in [0.15, 0.2) is 76.1 Å². The standard InChI is InChI=1S/C30H32N6O4/c1-20-7-10-22-16-26(30(37)31-27(22)15-20)28(29-32-33-34-36(29)19-25-6-4-14-40-25)35(18-24-5-3-13-39-24)17-21-8-11-23(38-2)12-9-21/h3,5,7-13,15-16,25,28H,4,6,14,17-19H2,1-2H3,(H,31,37)/t25-,28+/m1/s1. The average Bonchev–Trinajstić information content (AvgIpc) is 3.75. The number of ether oxygens (including phenoxy) is 2. The molecule has 1 saturated heterocycles. The Hall–Kier alpha value is -4.28. The van der Waals surface area contributed by atoms with Crippen LogP contribution in [0.4, 0.5) is 0 Å². The van der Waals surface area contributed by atoms with Crippen molar-refractivity contribution in [3.63, 3.8) is 0 Å². The molecular weight excluding hydrogens is 508 g/mol. The smallest absolute Gasteiger partial charge is 0.253 e. The Kier molecular flexibility index (Phi) is 7.43. The van der Waals surface area contributed by atoms with Gasteiger partial charge in [-0.25, -0.2) is 4.68 Å². The van der Waals surface area contributed by atoms with Crippen molar-refractivity contribution in [2.75, 3.05) is 13.7 Å². The van der Waals surface area contributed by atoms with Gasteiger partial charge in [0.1, 0.15) is 17.6 Å². The second-order valence-electron chi connectivity index (χ2n) is 10.2. The van der Waals surface area contributed by atoms with Gasteiger partial charge in [0.25, 0.3) is 5.56 Å². The number of nitrogens with one attached hydrogen (secondary N) is 1. The van der Waals surface area contributed by atoms with Gasteiger partial charge in [0, 0.05) is 24.2 Å². The van der Waals surface area contributed by atoms with E-state index in [9.17, 15) is 4.79 Å². The van der Waals surface area contributed by atoms with Crippen molar-refractivity contribution in [1.82, 2.24) is 30.1 Å². The number of furan rings is 1. The molecule has 0 spiro atoms. The molecule has 10 nitrogen and oxygen atoms in total. The summed E-state index contributed by atoms with van der Waals surface area (Å²) in [7, 11) is 1.65. The first-order valence-electron chi connectivity index (χ1n) is 13.5. The van der Waals surface area contributed by atoms with Gasteiger partial charge in [0.2, 0.25) is 0 Å². The van der Waals surface area contributed by atoms with Crippen LogP contribution in [0, 0.1) is 6.92 Å². The fourth-order valence-corrected chi connectivity index (χ4v) is 5.36. The number of fused-ring (bicyclic) bond motifs is 1. The number of benzene rings is 2. The van der Waals surface area contributed by atoms with Crippen molar-refractivity contribution >= 4 is 10.9 Å². The number of hydrogen-bond donors (Lipinski definition) is 1. The maximum absolute atomic E-state index is 13.8. The SMILES string of the molecule is COc1ccc(CN(Cc2ccco2)[C@@H](c2cc3ccc(C)cc3[nH]c2=O)c2nnnn2C[C@H]2CCCO2)cc1. The van der Waals surface area contributed by atoms with Gasteiger partial charge in [0.05, 0.1) is 32.6 Å². The number of methoxy groups -OCH3 is 1. The third-order valence-electron chi connectivity index (χ3n) is 7.38. The van der Waals surface area contributed by atoms with Crippen LogP contribution >= 0.6 is 0 Å². The van der Waals surface area contributed by atoms with Crippen molar-refractivity contribution < 1.29 is 13.9 Å². The first-order chi connectivity index (χ1) is 19.6. The van der Waals surface area contributed by atoms with E-state index in [4.69, 9.17) is 13.9 Å². The summed E-state index contributed by atoms with van der Waals surface area (Å²) in [6.45, 7) is 4.20. The Morgan fingerprint density at radius 3 is 2.77 bits per heavy atom.